The number of amides is 1. The van der Waals surface area contributed by atoms with Gasteiger partial charge in [-0.1, -0.05) is 13.8 Å². The molecule has 0 aliphatic carbocycles. The monoisotopic (exact) mass is 370 g/mol. The van der Waals surface area contributed by atoms with Gasteiger partial charge in [0.15, 0.2) is 0 Å². The Hall–Kier alpha value is -2.83. The summed E-state index contributed by atoms with van der Waals surface area (Å²) in [4.78, 5) is 33.1. The van der Waals surface area contributed by atoms with E-state index in [2.05, 4.69) is 9.88 Å². The van der Waals surface area contributed by atoms with E-state index < -0.39 is 0 Å². The average molecular weight is 370 g/mol. The first-order valence-corrected chi connectivity index (χ1v) is 9.21. The van der Waals surface area contributed by atoms with E-state index in [-0.39, 0.29) is 23.9 Å². The summed E-state index contributed by atoms with van der Waals surface area (Å²) < 4.78 is 6.57. The summed E-state index contributed by atoms with van der Waals surface area (Å²) in [5.74, 6) is 0.967. The van der Waals surface area contributed by atoms with E-state index in [0.717, 1.165) is 30.2 Å². The maximum Gasteiger partial charge on any atom is 0.254 e. The van der Waals surface area contributed by atoms with Gasteiger partial charge in [-0.3, -0.25) is 14.2 Å². The Morgan fingerprint density at radius 3 is 2.37 bits per heavy atom. The second kappa shape index (κ2) is 8.24. The third-order valence-corrected chi connectivity index (χ3v) is 4.87. The predicted molar refractivity (Wildman–Crippen MR) is 104 cm³/mol. The van der Waals surface area contributed by atoms with Crippen LogP contribution in [0.15, 0.2) is 41.5 Å². The van der Waals surface area contributed by atoms with Crippen molar-refractivity contribution >= 4 is 11.6 Å². The van der Waals surface area contributed by atoms with Crippen molar-refractivity contribution in [1.82, 2.24) is 14.5 Å². The van der Waals surface area contributed by atoms with E-state index in [1.54, 1.807) is 7.11 Å². The lowest BCUT2D eigenvalue weighted by molar-refractivity contribution is -0.132. The first-order valence-electron chi connectivity index (χ1n) is 9.21. The van der Waals surface area contributed by atoms with Gasteiger partial charge in [0.1, 0.15) is 12.3 Å². The number of carbonyl (C=O) groups excluding carboxylic acids is 1. The highest BCUT2D eigenvalue weighted by Crippen LogP contribution is 2.20. The highest BCUT2D eigenvalue weighted by molar-refractivity contribution is 5.76. The van der Waals surface area contributed by atoms with Crippen LogP contribution in [-0.4, -0.2) is 53.6 Å². The van der Waals surface area contributed by atoms with Crippen LogP contribution in [0.25, 0.3) is 0 Å². The van der Waals surface area contributed by atoms with Crippen molar-refractivity contribution in [3.05, 3.63) is 52.7 Å². The summed E-state index contributed by atoms with van der Waals surface area (Å²) in [5.41, 5.74) is 1.68. The van der Waals surface area contributed by atoms with Crippen molar-refractivity contribution < 1.29 is 9.53 Å². The summed E-state index contributed by atoms with van der Waals surface area (Å²) in [6, 6.07) is 9.44. The molecule has 0 spiro atoms. The minimum atomic E-state index is -0.182. The third kappa shape index (κ3) is 4.48. The lowest BCUT2D eigenvalue weighted by Gasteiger charge is -2.36. The smallest absolute Gasteiger partial charge is 0.254 e. The number of ether oxygens (including phenoxy) is 1. The van der Waals surface area contributed by atoms with Crippen molar-refractivity contribution in [1.29, 1.82) is 0 Å². The fourth-order valence-electron chi connectivity index (χ4n) is 3.13. The molecule has 0 N–H and O–H groups in total. The molecule has 2 aromatic rings. The van der Waals surface area contributed by atoms with Gasteiger partial charge in [0, 0.05) is 37.9 Å². The fraction of sp³-hybridized carbons (Fsp3) is 0.450. The molecule has 144 valence electrons. The normalized spacial score (nSPS) is 14.5. The molecule has 0 unspecified atom stereocenters. The molecule has 2 heterocycles. The Morgan fingerprint density at radius 1 is 1.15 bits per heavy atom. The molecule has 1 saturated heterocycles. The molecule has 0 atom stereocenters. The van der Waals surface area contributed by atoms with Gasteiger partial charge >= 0.3 is 0 Å². The highest BCUT2D eigenvalue weighted by atomic mass is 16.5. The van der Waals surface area contributed by atoms with Crippen LogP contribution in [0.2, 0.25) is 0 Å². The van der Waals surface area contributed by atoms with Crippen LogP contribution >= 0.6 is 0 Å². The van der Waals surface area contributed by atoms with Crippen molar-refractivity contribution in [2.45, 2.75) is 26.3 Å². The molecule has 7 heteroatoms. The second-order valence-corrected chi connectivity index (χ2v) is 7.00. The zero-order chi connectivity index (χ0) is 19.4. The number of carbonyl (C=O) groups is 1. The van der Waals surface area contributed by atoms with E-state index in [1.807, 2.05) is 43.0 Å². The summed E-state index contributed by atoms with van der Waals surface area (Å²) in [6.07, 6.45) is 1.48. The number of rotatable bonds is 5. The standard InChI is InChI=1S/C20H26N4O3/c1-15(2)18-12-19(25)24(14-21-18)13-20(26)23-10-8-22(9-11-23)16-4-6-17(27-3)7-5-16/h4-7,12,14-15H,8-11,13H2,1-3H3. The number of hydrogen-bond donors (Lipinski definition) is 0. The Morgan fingerprint density at radius 2 is 1.81 bits per heavy atom. The largest absolute Gasteiger partial charge is 0.497 e. The number of hydrogen-bond acceptors (Lipinski definition) is 5. The van der Waals surface area contributed by atoms with Gasteiger partial charge in [-0.15, -0.1) is 0 Å². The fourth-order valence-corrected chi connectivity index (χ4v) is 3.13. The molecule has 1 aromatic heterocycles. The molecule has 1 amide bonds. The average Bonchev–Trinajstić information content (AvgIpc) is 2.69. The van der Waals surface area contributed by atoms with E-state index in [4.69, 9.17) is 4.74 Å². The second-order valence-electron chi connectivity index (χ2n) is 7.00. The lowest BCUT2D eigenvalue weighted by Crippen LogP contribution is -2.50. The van der Waals surface area contributed by atoms with Gasteiger partial charge in [-0.2, -0.15) is 0 Å². The van der Waals surface area contributed by atoms with Crippen LogP contribution in [0, 0.1) is 0 Å². The Labute approximate surface area is 159 Å². The number of aromatic nitrogens is 2. The van der Waals surface area contributed by atoms with Crippen molar-refractivity contribution in [3.8, 4) is 5.75 Å². The maximum atomic E-state index is 12.6. The summed E-state index contributed by atoms with van der Waals surface area (Å²) >= 11 is 0. The van der Waals surface area contributed by atoms with Crippen LogP contribution in [0.5, 0.6) is 5.75 Å². The van der Waals surface area contributed by atoms with Crippen molar-refractivity contribution in [2.75, 3.05) is 38.2 Å². The van der Waals surface area contributed by atoms with E-state index in [0.29, 0.717) is 13.1 Å². The minimum absolute atomic E-state index is 0.0345. The van der Waals surface area contributed by atoms with Crippen LogP contribution < -0.4 is 15.2 Å². The topological polar surface area (TPSA) is 67.7 Å². The number of benzene rings is 1. The van der Waals surface area contributed by atoms with Crippen molar-refractivity contribution in [2.24, 2.45) is 0 Å². The number of anilines is 1. The number of nitrogens with zero attached hydrogens (tertiary/aromatic N) is 4. The van der Waals surface area contributed by atoms with E-state index in [1.165, 1.54) is 17.0 Å². The van der Waals surface area contributed by atoms with Crippen LogP contribution in [0.1, 0.15) is 25.5 Å². The highest BCUT2D eigenvalue weighted by Gasteiger charge is 2.22. The first-order chi connectivity index (χ1) is 13.0. The number of methoxy groups -OCH3 is 1. The molecule has 1 aliphatic rings. The van der Waals surface area contributed by atoms with Crippen LogP contribution in [0.4, 0.5) is 5.69 Å². The summed E-state index contributed by atoms with van der Waals surface area (Å²) in [7, 11) is 1.65. The van der Waals surface area contributed by atoms with E-state index in [9.17, 15) is 9.59 Å². The molecule has 1 aromatic carbocycles. The molecular formula is C20H26N4O3. The summed E-state index contributed by atoms with van der Waals surface area (Å²) in [5, 5.41) is 0. The van der Waals surface area contributed by atoms with Gasteiger partial charge in [0.05, 0.1) is 19.1 Å². The molecule has 1 fully saturated rings. The van der Waals surface area contributed by atoms with Crippen LogP contribution in [-0.2, 0) is 11.3 Å². The van der Waals surface area contributed by atoms with E-state index >= 15 is 0 Å². The SMILES string of the molecule is COc1ccc(N2CCN(C(=O)Cn3cnc(C(C)C)cc3=O)CC2)cc1. The zero-order valence-corrected chi connectivity index (χ0v) is 16.1. The van der Waals surface area contributed by atoms with Crippen molar-refractivity contribution in [3.63, 3.8) is 0 Å². The predicted octanol–water partition coefficient (Wildman–Crippen LogP) is 1.72. The van der Waals surface area contributed by atoms with Gasteiger partial charge in [0.25, 0.3) is 5.56 Å². The quantitative estimate of drug-likeness (QED) is 0.802. The molecule has 0 radical (unpaired) electrons. The minimum Gasteiger partial charge on any atom is -0.497 e. The molecule has 1 aliphatic heterocycles. The lowest BCUT2D eigenvalue weighted by atomic mass is 10.1. The maximum absolute atomic E-state index is 12.6. The first kappa shape index (κ1) is 18.9. The summed E-state index contributed by atoms with van der Waals surface area (Å²) in [6.45, 7) is 6.80. The molecule has 3 rings (SSSR count). The van der Waals surface area contributed by atoms with Crippen LogP contribution in [0.3, 0.4) is 0 Å². The number of piperazine rings is 1. The Bertz CT molecular complexity index is 837. The van der Waals surface area contributed by atoms with Gasteiger partial charge in [-0.25, -0.2) is 4.98 Å². The molecule has 7 nitrogen and oxygen atoms in total. The zero-order valence-electron chi connectivity index (χ0n) is 16.1. The Balaban J connectivity index is 1.57. The molecule has 0 bridgehead atoms. The van der Waals surface area contributed by atoms with Gasteiger partial charge in [-0.05, 0) is 30.2 Å². The molecule has 0 saturated carbocycles. The molecule has 27 heavy (non-hydrogen) atoms. The molecular weight excluding hydrogens is 344 g/mol. The Kier molecular flexibility index (Phi) is 5.78. The van der Waals surface area contributed by atoms with Gasteiger partial charge < -0.3 is 14.5 Å². The van der Waals surface area contributed by atoms with Gasteiger partial charge in [0.2, 0.25) is 5.91 Å². The third-order valence-electron chi connectivity index (χ3n) is 4.87.